The number of nitrogens with two attached hydrogens (primary N) is 1. The summed E-state index contributed by atoms with van der Waals surface area (Å²) in [5.74, 6) is 3.89. The number of hydrazine groups is 1. The van der Waals surface area contributed by atoms with Crippen LogP contribution in [0.25, 0.3) is 0 Å². The van der Waals surface area contributed by atoms with Crippen molar-refractivity contribution in [3.8, 4) is 0 Å². The molecule has 0 saturated carbocycles. The van der Waals surface area contributed by atoms with E-state index in [2.05, 4.69) is 5.43 Å². The van der Waals surface area contributed by atoms with Gasteiger partial charge in [0.15, 0.2) is 11.6 Å². The van der Waals surface area contributed by atoms with Crippen LogP contribution in [0.15, 0.2) is 18.2 Å². The lowest BCUT2D eigenvalue weighted by Gasteiger charge is -2.43. The summed E-state index contributed by atoms with van der Waals surface area (Å²) in [5.41, 5.74) is 2.70. The van der Waals surface area contributed by atoms with Crippen molar-refractivity contribution in [1.29, 1.82) is 0 Å². The molecule has 1 unspecified atom stereocenters. The van der Waals surface area contributed by atoms with Crippen molar-refractivity contribution in [3.63, 3.8) is 0 Å². The number of hydrogen-bond acceptors (Lipinski definition) is 4. The zero-order valence-electron chi connectivity index (χ0n) is 11.5. The third kappa shape index (κ3) is 2.98. The Balaban J connectivity index is 2.34. The first-order chi connectivity index (χ1) is 9.63. The molecule has 3 N–H and O–H groups in total. The standard InChI is InChI=1S/C14H20F2N2O2/c1-2-20-14(5-7-19-8-6-14)13(18-17)10-3-4-11(15)12(16)9-10/h3-4,9,13,18H,2,5-8,17H2,1H3. The molecule has 0 amide bonds. The van der Waals surface area contributed by atoms with E-state index in [1.54, 1.807) is 0 Å². The normalized spacial score (nSPS) is 19.8. The quantitative estimate of drug-likeness (QED) is 0.642. The van der Waals surface area contributed by atoms with Crippen LogP contribution in [0.5, 0.6) is 0 Å². The minimum Gasteiger partial charge on any atom is -0.381 e. The lowest BCUT2D eigenvalue weighted by molar-refractivity contribution is -0.128. The molecule has 0 spiro atoms. The molecule has 1 atom stereocenters. The number of nitrogens with one attached hydrogen (secondary N) is 1. The highest BCUT2D eigenvalue weighted by atomic mass is 19.2. The summed E-state index contributed by atoms with van der Waals surface area (Å²) >= 11 is 0. The van der Waals surface area contributed by atoms with E-state index in [1.807, 2.05) is 6.92 Å². The molecule has 0 aromatic heterocycles. The van der Waals surface area contributed by atoms with Crippen molar-refractivity contribution in [2.75, 3.05) is 19.8 Å². The zero-order chi connectivity index (χ0) is 14.6. The molecule has 1 aromatic rings. The molecule has 20 heavy (non-hydrogen) atoms. The largest absolute Gasteiger partial charge is 0.381 e. The van der Waals surface area contributed by atoms with Gasteiger partial charge in [0.2, 0.25) is 0 Å². The molecule has 6 heteroatoms. The van der Waals surface area contributed by atoms with Gasteiger partial charge in [-0.1, -0.05) is 6.07 Å². The van der Waals surface area contributed by atoms with Crippen molar-refractivity contribution in [2.45, 2.75) is 31.4 Å². The number of halogens is 2. The lowest BCUT2D eigenvalue weighted by atomic mass is 9.82. The van der Waals surface area contributed by atoms with Crippen molar-refractivity contribution in [2.24, 2.45) is 5.84 Å². The van der Waals surface area contributed by atoms with Crippen molar-refractivity contribution < 1.29 is 18.3 Å². The van der Waals surface area contributed by atoms with Gasteiger partial charge in [-0.2, -0.15) is 0 Å². The Morgan fingerprint density at radius 3 is 2.60 bits per heavy atom. The maximum atomic E-state index is 13.4. The van der Waals surface area contributed by atoms with Gasteiger partial charge in [0.25, 0.3) is 0 Å². The molecule has 4 nitrogen and oxygen atoms in total. The fourth-order valence-corrected chi connectivity index (χ4v) is 2.76. The topological polar surface area (TPSA) is 56.5 Å². The van der Waals surface area contributed by atoms with E-state index in [4.69, 9.17) is 15.3 Å². The first kappa shape index (κ1) is 15.3. The van der Waals surface area contributed by atoms with Crippen molar-refractivity contribution in [1.82, 2.24) is 5.43 Å². The zero-order valence-corrected chi connectivity index (χ0v) is 11.5. The number of benzene rings is 1. The fraction of sp³-hybridized carbons (Fsp3) is 0.571. The Kier molecular flexibility index (Phi) is 5.04. The molecule has 112 valence electrons. The second-order valence-corrected chi connectivity index (χ2v) is 4.88. The molecule has 1 saturated heterocycles. The van der Waals surface area contributed by atoms with Gasteiger partial charge >= 0.3 is 0 Å². The number of rotatable bonds is 5. The van der Waals surface area contributed by atoms with Crippen LogP contribution in [0.4, 0.5) is 8.78 Å². The van der Waals surface area contributed by atoms with Gasteiger partial charge in [0, 0.05) is 32.7 Å². The maximum absolute atomic E-state index is 13.4. The predicted octanol–water partition coefficient (Wildman–Crippen LogP) is 2.05. The fourth-order valence-electron chi connectivity index (χ4n) is 2.76. The molecule has 1 aliphatic heterocycles. The van der Waals surface area contributed by atoms with Gasteiger partial charge in [-0.05, 0) is 24.6 Å². The predicted molar refractivity (Wildman–Crippen MR) is 70.8 cm³/mol. The van der Waals surface area contributed by atoms with Gasteiger partial charge in [-0.15, -0.1) is 0 Å². The van der Waals surface area contributed by atoms with Crippen LogP contribution in [0.2, 0.25) is 0 Å². The number of hydrogen-bond donors (Lipinski definition) is 2. The Hall–Kier alpha value is -1.08. The van der Waals surface area contributed by atoms with E-state index >= 15 is 0 Å². The van der Waals surface area contributed by atoms with Gasteiger partial charge in [-0.3, -0.25) is 11.3 Å². The smallest absolute Gasteiger partial charge is 0.159 e. The molecule has 0 radical (unpaired) electrons. The molecule has 1 heterocycles. The Bertz CT molecular complexity index is 445. The minimum atomic E-state index is -0.888. The molecule has 1 aliphatic rings. The van der Waals surface area contributed by atoms with E-state index in [1.165, 1.54) is 6.07 Å². The van der Waals surface area contributed by atoms with E-state index in [9.17, 15) is 8.78 Å². The van der Waals surface area contributed by atoms with Crippen LogP contribution in [-0.4, -0.2) is 25.4 Å². The molecular formula is C14H20F2N2O2. The molecule has 2 rings (SSSR count). The van der Waals surface area contributed by atoms with Crippen molar-refractivity contribution in [3.05, 3.63) is 35.4 Å². The summed E-state index contributed by atoms with van der Waals surface area (Å²) in [6.45, 7) is 3.53. The first-order valence-electron chi connectivity index (χ1n) is 6.76. The Labute approximate surface area is 117 Å². The van der Waals surface area contributed by atoms with Crippen LogP contribution in [0.1, 0.15) is 31.4 Å². The van der Waals surface area contributed by atoms with Gasteiger partial charge in [0.1, 0.15) is 0 Å². The lowest BCUT2D eigenvalue weighted by Crippen LogP contribution is -2.51. The third-order valence-electron chi connectivity index (χ3n) is 3.74. The SMILES string of the molecule is CCOC1(C(NN)c2ccc(F)c(F)c2)CCOCC1. The molecular weight excluding hydrogens is 266 g/mol. The monoisotopic (exact) mass is 286 g/mol. The molecule has 0 aliphatic carbocycles. The van der Waals surface area contributed by atoms with E-state index in [0.29, 0.717) is 38.2 Å². The van der Waals surface area contributed by atoms with Gasteiger partial charge in [-0.25, -0.2) is 8.78 Å². The van der Waals surface area contributed by atoms with Crippen LogP contribution < -0.4 is 11.3 Å². The van der Waals surface area contributed by atoms with Gasteiger partial charge in [0.05, 0.1) is 11.6 Å². The van der Waals surface area contributed by atoms with Crippen LogP contribution in [-0.2, 0) is 9.47 Å². The Morgan fingerprint density at radius 1 is 1.35 bits per heavy atom. The third-order valence-corrected chi connectivity index (χ3v) is 3.74. The second-order valence-electron chi connectivity index (χ2n) is 4.88. The van der Waals surface area contributed by atoms with Crippen LogP contribution in [0, 0.1) is 11.6 Å². The van der Waals surface area contributed by atoms with E-state index < -0.39 is 23.3 Å². The molecule has 1 fully saturated rings. The van der Waals surface area contributed by atoms with E-state index in [0.717, 1.165) is 12.1 Å². The highest BCUT2D eigenvalue weighted by Crippen LogP contribution is 2.37. The van der Waals surface area contributed by atoms with Crippen molar-refractivity contribution >= 4 is 0 Å². The Morgan fingerprint density at radius 2 is 2.05 bits per heavy atom. The van der Waals surface area contributed by atoms with Crippen LogP contribution >= 0.6 is 0 Å². The van der Waals surface area contributed by atoms with E-state index in [-0.39, 0.29) is 0 Å². The summed E-state index contributed by atoms with van der Waals surface area (Å²) in [6, 6.07) is 3.38. The molecule has 0 bridgehead atoms. The molecule has 1 aromatic carbocycles. The van der Waals surface area contributed by atoms with Crippen LogP contribution in [0.3, 0.4) is 0 Å². The summed E-state index contributed by atoms with van der Waals surface area (Å²) in [7, 11) is 0. The first-order valence-corrected chi connectivity index (χ1v) is 6.76. The number of ether oxygens (including phenoxy) is 2. The maximum Gasteiger partial charge on any atom is 0.159 e. The summed E-state index contributed by atoms with van der Waals surface area (Å²) < 4.78 is 37.8. The van der Waals surface area contributed by atoms with Gasteiger partial charge < -0.3 is 9.47 Å². The summed E-state index contributed by atoms with van der Waals surface area (Å²) in [6.07, 6.45) is 1.30. The summed E-state index contributed by atoms with van der Waals surface area (Å²) in [4.78, 5) is 0. The highest BCUT2D eigenvalue weighted by molar-refractivity contribution is 5.24. The highest BCUT2D eigenvalue weighted by Gasteiger charge is 2.41. The minimum absolute atomic E-state index is 0.415. The average Bonchev–Trinajstić information content (AvgIpc) is 2.45. The average molecular weight is 286 g/mol. The summed E-state index contributed by atoms with van der Waals surface area (Å²) in [5, 5.41) is 0. The second kappa shape index (κ2) is 6.58.